The number of non-ortho nitro benzene ring substituents is 1. The Labute approximate surface area is 107 Å². The van der Waals surface area contributed by atoms with Gasteiger partial charge in [0.1, 0.15) is 0 Å². The fraction of sp³-hybridized carbons (Fsp3) is 0.538. The number of aryl methyl sites for hydroxylation is 1. The molecule has 100 valence electrons. The number of nitrogens with one attached hydrogen (secondary N) is 1. The molecule has 0 bridgehead atoms. The molecule has 0 radical (unpaired) electrons. The monoisotopic (exact) mass is 252 g/mol. The van der Waals surface area contributed by atoms with Crippen molar-refractivity contribution in [2.24, 2.45) is 0 Å². The minimum absolute atomic E-state index is 0.116. The van der Waals surface area contributed by atoms with E-state index in [9.17, 15) is 10.1 Å². The van der Waals surface area contributed by atoms with Crippen LogP contribution < -0.4 is 5.32 Å². The van der Waals surface area contributed by atoms with Crippen LogP contribution in [0.3, 0.4) is 0 Å². The molecule has 0 spiro atoms. The molecule has 0 amide bonds. The Morgan fingerprint density at radius 2 is 2.17 bits per heavy atom. The first-order valence-electron chi connectivity index (χ1n) is 6.21. The largest absolute Gasteiger partial charge is 0.385 e. The molecule has 1 aromatic carbocycles. The van der Waals surface area contributed by atoms with Crippen LogP contribution in [-0.4, -0.2) is 24.7 Å². The molecule has 1 rings (SSSR count). The molecule has 0 saturated heterocycles. The number of rotatable bonds is 8. The van der Waals surface area contributed by atoms with Gasteiger partial charge in [-0.25, -0.2) is 0 Å². The average Bonchev–Trinajstić information content (AvgIpc) is 2.35. The second-order valence-corrected chi connectivity index (χ2v) is 4.15. The third-order valence-corrected chi connectivity index (χ3v) is 2.56. The minimum Gasteiger partial charge on any atom is -0.385 e. The maximum absolute atomic E-state index is 10.7. The molecular weight excluding hydrogens is 232 g/mol. The van der Waals surface area contributed by atoms with E-state index < -0.39 is 0 Å². The van der Waals surface area contributed by atoms with Crippen molar-refractivity contribution in [3.05, 3.63) is 33.9 Å². The molecule has 0 aliphatic heterocycles. The highest BCUT2D eigenvalue weighted by molar-refractivity contribution is 5.56. The summed E-state index contributed by atoms with van der Waals surface area (Å²) in [5.41, 5.74) is 1.94. The molecule has 1 N–H and O–H groups in total. The maximum atomic E-state index is 10.7. The van der Waals surface area contributed by atoms with Gasteiger partial charge in [-0.05, 0) is 25.3 Å². The quantitative estimate of drug-likeness (QED) is 0.438. The van der Waals surface area contributed by atoms with E-state index in [1.54, 1.807) is 12.1 Å². The van der Waals surface area contributed by atoms with Crippen molar-refractivity contribution in [2.75, 3.05) is 25.1 Å². The van der Waals surface area contributed by atoms with Gasteiger partial charge in [0.05, 0.1) is 4.92 Å². The second kappa shape index (κ2) is 7.66. The Hall–Kier alpha value is -1.62. The Morgan fingerprint density at radius 3 is 2.83 bits per heavy atom. The van der Waals surface area contributed by atoms with Crippen LogP contribution in [0, 0.1) is 17.0 Å². The Kier molecular flexibility index (Phi) is 6.14. The molecule has 5 nitrogen and oxygen atoms in total. The average molecular weight is 252 g/mol. The lowest BCUT2D eigenvalue weighted by Crippen LogP contribution is -2.07. The number of nitro benzene ring substituents is 1. The molecular formula is C13H20N2O3. The number of hydrogen-bond donors (Lipinski definition) is 1. The number of nitro groups is 1. The maximum Gasteiger partial charge on any atom is 0.271 e. The highest BCUT2D eigenvalue weighted by Crippen LogP contribution is 2.21. The predicted octanol–water partition coefficient (Wildman–Crippen LogP) is 3.13. The molecule has 0 aliphatic rings. The normalized spacial score (nSPS) is 10.3. The van der Waals surface area contributed by atoms with Gasteiger partial charge in [0.15, 0.2) is 0 Å². The van der Waals surface area contributed by atoms with Crippen LogP contribution in [0.25, 0.3) is 0 Å². The van der Waals surface area contributed by atoms with E-state index in [-0.39, 0.29) is 10.6 Å². The molecule has 0 fully saturated rings. The van der Waals surface area contributed by atoms with E-state index in [0.717, 1.165) is 43.9 Å². The molecule has 0 heterocycles. The van der Waals surface area contributed by atoms with Gasteiger partial charge in [-0.2, -0.15) is 0 Å². The van der Waals surface area contributed by atoms with Gasteiger partial charge < -0.3 is 10.1 Å². The first-order chi connectivity index (χ1) is 8.65. The summed E-state index contributed by atoms with van der Waals surface area (Å²) in [5.74, 6) is 0. The van der Waals surface area contributed by atoms with Gasteiger partial charge in [0, 0.05) is 37.6 Å². The number of anilines is 1. The second-order valence-electron chi connectivity index (χ2n) is 4.15. The SMILES string of the molecule is CCCOCCCNc1cc([N+](=O)[O-])ccc1C. The summed E-state index contributed by atoms with van der Waals surface area (Å²) >= 11 is 0. The van der Waals surface area contributed by atoms with Crippen molar-refractivity contribution in [3.63, 3.8) is 0 Å². The van der Waals surface area contributed by atoms with Gasteiger partial charge in [0.25, 0.3) is 5.69 Å². The van der Waals surface area contributed by atoms with Crippen LogP contribution >= 0.6 is 0 Å². The molecule has 0 atom stereocenters. The fourth-order valence-electron chi connectivity index (χ4n) is 1.56. The van der Waals surface area contributed by atoms with Gasteiger partial charge in [0.2, 0.25) is 0 Å². The molecule has 1 aromatic rings. The van der Waals surface area contributed by atoms with E-state index in [2.05, 4.69) is 12.2 Å². The smallest absolute Gasteiger partial charge is 0.271 e. The number of ether oxygens (including phenoxy) is 1. The molecule has 0 aliphatic carbocycles. The number of nitrogens with zero attached hydrogens (tertiary/aromatic N) is 1. The lowest BCUT2D eigenvalue weighted by Gasteiger charge is -2.09. The minimum atomic E-state index is -0.380. The van der Waals surface area contributed by atoms with Crippen molar-refractivity contribution in [1.29, 1.82) is 0 Å². The lowest BCUT2D eigenvalue weighted by molar-refractivity contribution is -0.384. The molecule has 0 saturated carbocycles. The highest BCUT2D eigenvalue weighted by Gasteiger charge is 2.07. The summed E-state index contributed by atoms with van der Waals surface area (Å²) in [6.07, 6.45) is 1.92. The van der Waals surface area contributed by atoms with Crippen molar-refractivity contribution in [1.82, 2.24) is 0 Å². The third kappa shape index (κ3) is 4.71. The van der Waals surface area contributed by atoms with Crippen LogP contribution in [0.1, 0.15) is 25.3 Å². The zero-order valence-electron chi connectivity index (χ0n) is 10.9. The Bertz CT molecular complexity index is 394. The molecule has 0 aromatic heterocycles. The van der Waals surface area contributed by atoms with Gasteiger partial charge in [-0.15, -0.1) is 0 Å². The Balaban J connectivity index is 2.41. The first-order valence-corrected chi connectivity index (χ1v) is 6.21. The van der Waals surface area contributed by atoms with Gasteiger partial charge >= 0.3 is 0 Å². The van der Waals surface area contributed by atoms with E-state index in [1.165, 1.54) is 6.07 Å². The van der Waals surface area contributed by atoms with Gasteiger partial charge in [-0.3, -0.25) is 10.1 Å². The summed E-state index contributed by atoms with van der Waals surface area (Å²) in [6, 6.07) is 4.85. The summed E-state index contributed by atoms with van der Waals surface area (Å²) in [4.78, 5) is 10.3. The standard InChI is InChI=1S/C13H20N2O3/c1-3-8-18-9-4-7-14-13-10-12(15(16)17)6-5-11(13)2/h5-6,10,14H,3-4,7-9H2,1-2H3. The molecule has 0 unspecified atom stereocenters. The van der Waals surface area contributed by atoms with Crippen LogP contribution in [0.2, 0.25) is 0 Å². The van der Waals surface area contributed by atoms with E-state index in [4.69, 9.17) is 4.74 Å². The molecule has 18 heavy (non-hydrogen) atoms. The number of hydrogen-bond acceptors (Lipinski definition) is 4. The van der Waals surface area contributed by atoms with Crippen LogP contribution in [-0.2, 0) is 4.74 Å². The summed E-state index contributed by atoms with van der Waals surface area (Å²) in [7, 11) is 0. The van der Waals surface area contributed by atoms with E-state index in [1.807, 2.05) is 6.92 Å². The van der Waals surface area contributed by atoms with Crippen LogP contribution in [0.5, 0.6) is 0 Å². The first kappa shape index (κ1) is 14.4. The van der Waals surface area contributed by atoms with Crippen molar-refractivity contribution in [3.8, 4) is 0 Å². The highest BCUT2D eigenvalue weighted by atomic mass is 16.6. The van der Waals surface area contributed by atoms with Gasteiger partial charge in [-0.1, -0.05) is 13.0 Å². The third-order valence-electron chi connectivity index (χ3n) is 2.56. The fourth-order valence-corrected chi connectivity index (χ4v) is 1.56. The van der Waals surface area contributed by atoms with Crippen molar-refractivity contribution < 1.29 is 9.66 Å². The predicted molar refractivity (Wildman–Crippen MR) is 72.1 cm³/mol. The summed E-state index contributed by atoms with van der Waals surface area (Å²) in [5, 5.41) is 13.9. The topological polar surface area (TPSA) is 64.4 Å². The lowest BCUT2D eigenvalue weighted by atomic mass is 10.2. The summed E-state index contributed by atoms with van der Waals surface area (Å²) in [6.45, 7) is 6.26. The van der Waals surface area contributed by atoms with E-state index >= 15 is 0 Å². The summed E-state index contributed by atoms with van der Waals surface area (Å²) < 4.78 is 5.36. The zero-order valence-corrected chi connectivity index (χ0v) is 10.9. The van der Waals surface area contributed by atoms with Crippen LogP contribution in [0.4, 0.5) is 11.4 Å². The zero-order chi connectivity index (χ0) is 13.4. The van der Waals surface area contributed by atoms with Crippen molar-refractivity contribution in [2.45, 2.75) is 26.7 Å². The number of benzene rings is 1. The van der Waals surface area contributed by atoms with Crippen molar-refractivity contribution >= 4 is 11.4 Å². The Morgan fingerprint density at radius 1 is 1.39 bits per heavy atom. The van der Waals surface area contributed by atoms with E-state index in [0.29, 0.717) is 0 Å². The molecule has 5 heteroatoms. The van der Waals surface area contributed by atoms with Crippen LogP contribution in [0.15, 0.2) is 18.2 Å².